The van der Waals surface area contributed by atoms with Crippen molar-refractivity contribution in [1.82, 2.24) is 29.9 Å². The fraction of sp³-hybridized carbons (Fsp3) is 0.167. The van der Waals surface area contributed by atoms with Gasteiger partial charge in [0.15, 0.2) is 11.4 Å². The van der Waals surface area contributed by atoms with E-state index < -0.39 is 0 Å². The maximum absolute atomic E-state index is 13.2. The van der Waals surface area contributed by atoms with Gasteiger partial charge >= 0.3 is 0 Å². The lowest BCUT2D eigenvalue weighted by atomic mass is 10.1. The molecule has 8 nitrogen and oxygen atoms in total. The van der Waals surface area contributed by atoms with Crippen molar-refractivity contribution in [1.29, 1.82) is 0 Å². The minimum atomic E-state index is -0.207. The van der Waals surface area contributed by atoms with E-state index in [1.165, 1.54) is 0 Å². The number of fused-ring (bicyclic) bond motifs is 1. The molecule has 1 N–H and O–H groups in total. The summed E-state index contributed by atoms with van der Waals surface area (Å²) in [5.74, 6) is 0.391. The second-order valence-electron chi connectivity index (χ2n) is 7.76. The van der Waals surface area contributed by atoms with Crippen molar-refractivity contribution in [2.75, 3.05) is 0 Å². The van der Waals surface area contributed by atoms with E-state index in [4.69, 9.17) is 9.40 Å². The molecule has 0 spiro atoms. The first-order chi connectivity index (χ1) is 15.6. The van der Waals surface area contributed by atoms with Gasteiger partial charge in [0.05, 0.1) is 35.3 Å². The lowest BCUT2D eigenvalue weighted by molar-refractivity contribution is 0.0952. The van der Waals surface area contributed by atoms with E-state index in [-0.39, 0.29) is 11.9 Å². The summed E-state index contributed by atoms with van der Waals surface area (Å²) in [6.45, 7) is 4.40. The van der Waals surface area contributed by atoms with Gasteiger partial charge in [-0.1, -0.05) is 18.2 Å². The summed E-state index contributed by atoms with van der Waals surface area (Å²) >= 11 is 0. The highest BCUT2D eigenvalue weighted by atomic mass is 16.3. The summed E-state index contributed by atoms with van der Waals surface area (Å²) in [4.78, 5) is 17.9. The number of hydrogen-bond donors (Lipinski definition) is 1. The van der Waals surface area contributed by atoms with Gasteiger partial charge in [0.25, 0.3) is 5.91 Å². The van der Waals surface area contributed by atoms with E-state index in [0.29, 0.717) is 34.6 Å². The Morgan fingerprint density at radius 1 is 1.09 bits per heavy atom. The molecule has 0 aliphatic carbocycles. The number of aromatic nitrogens is 5. The van der Waals surface area contributed by atoms with Gasteiger partial charge in [-0.2, -0.15) is 10.2 Å². The van der Waals surface area contributed by atoms with E-state index in [2.05, 4.69) is 15.5 Å². The first-order valence-corrected chi connectivity index (χ1v) is 10.4. The predicted molar refractivity (Wildman–Crippen MR) is 120 cm³/mol. The number of benzene rings is 1. The Hall–Kier alpha value is -4.20. The molecule has 1 amide bonds. The average Bonchev–Trinajstić information content (AvgIpc) is 3.58. The molecule has 0 saturated heterocycles. The van der Waals surface area contributed by atoms with Crippen molar-refractivity contribution >= 4 is 16.9 Å². The molecule has 5 aromatic rings. The highest BCUT2D eigenvalue weighted by Gasteiger charge is 2.19. The van der Waals surface area contributed by atoms with Crippen LogP contribution in [0.5, 0.6) is 0 Å². The Balaban J connectivity index is 1.44. The van der Waals surface area contributed by atoms with E-state index >= 15 is 0 Å². The van der Waals surface area contributed by atoms with Gasteiger partial charge < -0.3 is 9.73 Å². The number of carbonyl (C=O) groups is 1. The summed E-state index contributed by atoms with van der Waals surface area (Å²) in [6, 6.07) is 15.3. The van der Waals surface area contributed by atoms with Crippen molar-refractivity contribution in [3.05, 3.63) is 84.5 Å². The Bertz CT molecular complexity index is 1370. The number of pyridine rings is 1. The molecule has 0 saturated carbocycles. The number of furan rings is 1. The lowest BCUT2D eigenvalue weighted by Gasteiger charge is -2.10. The molecule has 0 radical (unpaired) electrons. The molecular formula is C24H22N6O2. The summed E-state index contributed by atoms with van der Waals surface area (Å²) in [5.41, 5.74) is 3.60. The Morgan fingerprint density at radius 2 is 1.94 bits per heavy atom. The van der Waals surface area contributed by atoms with Gasteiger partial charge in [-0.15, -0.1) is 0 Å². The van der Waals surface area contributed by atoms with E-state index in [1.807, 2.05) is 61.1 Å². The largest absolute Gasteiger partial charge is 0.463 e. The molecule has 0 unspecified atom stereocenters. The van der Waals surface area contributed by atoms with Gasteiger partial charge in [0.2, 0.25) is 0 Å². The molecule has 8 heteroatoms. The number of hydrogen-bond acceptors (Lipinski definition) is 5. The highest BCUT2D eigenvalue weighted by Crippen LogP contribution is 2.26. The van der Waals surface area contributed by atoms with Crippen LogP contribution in [0.3, 0.4) is 0 Å². The average molecular weight is 426 g/mol. The number of nitrogens with one attached hydrogen (secondary N) is 1. The highest BCUT2D eigenvalue weighted by molar-refractivity contribution is 6.06. The van der Waals surface area contributed by atoms with Crippen LogP contribution in [0.2, 0.25) is 0 Å². The van der Waals surface area contributed by atoms with Crippen molar-refractivity contribution in [3.63, 3.8) is 0 Å². The Labute approximate surface area is 184 Å². The second-order valence-corrected chi connectivity index (χ2v) is 7.76. The van der Waals surface area contributed by atoms with Gasteiger partial charge in [-0.05, 0) is 44.2 Å². The first-order valence-electron chi connectivity index (χ1n) is 10.4. The number of amides is 1. The third-order valence-electron chi connectivity index (χ3n) is 5.18. The smallest absolute Gasteiger partial charge is 0.252 e. The fourth-order valence-corrected chi connectivity index (χ4v) is 3.59. The predicted octanol–water partition coefficient (Wildman–Crippen LogP) is 4.39. The maximum atomic E-state index is 13.2. The van der Waals surface area contributed by atoms with Gasteiger partial charge in [0.1, 0.15) is 5.69 Å². The normalized spacial score (nSPS) is 11.3. The zero-order valence-corrected chi connectivity index (χ0v) is 17.8. The summed E-state index contributed by atoms with van der Waals surface area (Å²) in [7, 11) is 0. The van der Waals surface area contributed by atoms with Crippen LogP contribution in [0.4, 0.5) is 0 Å². The molecule has 1 aromatic carbocycles. The zero-order valence-electron chi connectivity index (χ0n) is 17.8. The van der Waals surface area contributed by atoms with Gasteiger partial charge in [0, 0.05) is 24.3 Å². The van der Waals surface area contributed by atoms with Crippen LogP contribution in [0.25, 0.3) is 28.2 Å². The summed E-state index contributed by atoms with van der Waals surface area (Å²) < 4.78 is 9.11. The molecular weight excluding hydrogens is 404 g/mol. The molecule has 0 aliphatic heterocycles. The van der Waals surface area contributed by atoms with Crippen molar-refractivity contribution in [3.8, 4) is 17.1 Å². The maximum Gasteiger partial charge on any atom is 0.252 e. The molecule has 0 fully saturated rings. The monoisotopic (exact) mass is 426 g/mol. The minimum Gasteiger partial charge on any atom is -0.463 e. The fourth-order valence-electron chi connectivity index (χ4n) is 3.59. The van der Waals surface area contributed by atoms with E-state index in [0.717, 1.165) is 11.3 Å². The van der Waals surface area contributed by atoms with Gasteiger partial charge in [-0.25, -0.2) is 14.3 Å². The Kier molecular flexibility index (Phi) is 5.03. The number of para-hydroxylation sites is 1. The van der Waals surface area contributed by atoms with Crippen LogP contribution in [0, 0.1) is 0 Å². The van der Waals surface area contributed by atoms with Crippen molar-refractivity contribution in [2.24, 2.45) is 0 Å². The first kappa shape index (κ1) is 19.7. The summed E-state index contributed by atoms with van der Waals surface area (Å²) in [6.07, 6.45) is 6.94. The Morgan fingerprint density at radius 3 is 2.69 bits per heavy atom. The van der Waals surface area contributed by atoms with Crippen LogP contribution in [-0.4, -0.2) is 30.5 Å². The second kappa shape index (κ2) is 8.14. The number of nitrogens with zero attached hydrogens (tertiary/aromatic N) is 5. The standard InChI is InChI=1S/C24H22N6O2/c1-16(2)30-23-20(14-27-30)19(11-21(28-23)22-9-6-10-32-22)24(31)25-12-17-13-26-29(15-17)18-7-4-3-5-8-18/h3-11,13-16H,12H2,1-2H3,(H,25,31). The van der Waals surface area contributed by atoms with Crippen LogP contribution in [0.1, 0.15) is 35.8 Å². The van der Waals surface area contributed by atoms with Crippen LogP contribution in [0.15, 0.2) is 77.8 Å². The number of carbonyl (C=O) groups excluding carboxylic acids is 1. The molecule has 0 atom stereocenters. The van der Waals surface area contributed by atoms with E-state index in [9.17, 15) is 4.79 Å². The molecule has 32 heavy (non-hydrogen) atoms. The summed E-state index contributed by atoms with van der Waals surface area (Å²) in [5, 5.41) is 12.5. The molecule has 0 aliphatic rings. The lowest BCUT2D eigenvalue weighted by Crippen LogP contribution is -2.23. The SMILES string of the molecule is CC(C)n1ncc2c(C(=O)NCc3cnn(-c4ccccc4)c3)cc(-c3ccco3)nc21. The molecule has 5 rings (SSSR count). The minimum absolute atomic E-state index is 0.103. The van der Waals surface area contributed by atoms with Crippen LogP contribution in [-0.2, 0) is 6.54 Å². The van der Waals surface area contributed by atoms with Crippen LogP contribution >= 0.6 is 0 Å². The molecule has 160 valence electrons. The molecule has 4 aromatic heterocycles. The molecule has 0 bridgehead atoms. The van der Waals surface area contributed by atoms with Crippen molar-refractivity contribution < 1.29 is 9.21 Å². The zero-order chi connectivity index (χ0) is 22.1. The topological polar surface area (TPSA) is 90.8 Å². The number of rotatable bonds is 6. The van der Waals surface area contributed by atoms with E-state index in [1.54, 1.807) is 35.5 Å². The molecule has 4 heterocycles. The quantitative estimate of drug-likeness (QED) is 0.435. The van der Waals surface area contributed by atoms with Crippen LogP contribution < -0.4 is 5.32 Å². The van der Waals surface area contributed by atoms with Gasteiger partial charge in [-0.3, -0.25) is 4.79 Å². The third kappa shape index (κ3) is 3.66. The van der Waals surface area contributed by atoms with Crippen molar-refractivity contribution in [2.45, 2.75) is 26.4 Å². The third-order valence-corrected chi connectivity index (χ3v) is 5.18.